The van der Waals surface area contributed by atoms with Gasteiger partial charge in [-0.25, -0.2) is 0 Å². The average molecular weight is 288 g/mol. The van der Waals surface area contributed by atoms with Gasteiger partial charge in [0.25, 0.3) is 0 Å². The van der Waals surface area contributed by atoms with Gasteiger partial charge in [0.2, 0.25) is 0 Å². The second-order valence-corrected chi connectivity index (χ2v) is 7.68. The molecule has 0 heterocycles. The third kappa shape index (κ3) is 1.16. The van der Waals surface area contributed by atoms with Crippen LogP contribution >= 0.6 is 0 Å². The van der Waals surface area contributed by atoms with Crippen LogP contribution in [0, 0.1) is 23.7 Å². The smallest absolute Gasteiger partial charge is 0.126 e. The first kappa shape index (κ1) is 11.8. The number of benzene rings is 2. The summed E-state index contributed by atoms with van der Waals surface area (Å²) in [5.41, 5.74) is 3.28. The van der Waals surface area contributed by atoms with E-state index < -0.39 is 0 Å². The van der Waals surface area contributed by atoms with Crippen molar-refractivity contribution in [3.63, 3.8) is 0 Å². The normalized spacial score (nSPS) is 39.5. The van der Waals surface area contributed by atoms with Crippen LogP contribution in [0.15, 0.2) is 42.5 Å². The van der Waals surface area contributed by atoms with Gasteiger partial charge in [-0.05, 0) is 70.9 Å². The third-order valence-electron chi connectivity index (χ3n) is 7.09. The lowest BCUT2D eigenvalue weighted by Gasteiger charge is -2.34. The number of hydrogen-bond donors (Lipinski definition) is 0. The quantitative estimate of drug-likeness (QED) is 0.537. The molecule has 2 fully saturated rings. The molecule has 6 rings (SSSR count). The molecule has 0 radical (unpaired) electrons. The van der Waals surface area contributed by atoms with Gasteiger partial charge in [0.1, 0.15) is 5.75 Å². The predicted octanol–water partition coefficient (Wildman–Crippen LogP) is 4.87. The Morgan fingerprint density at radius 3 is 2.55 bits per heavy atom. The van der Waals surface area contributed by atoms with Gasteiger partial charge >= 0.3 is 0 Å². The summed E-state index contributed by atoms with van der Waals surface area (Å²) in [7, 11) is 1.81. The highest BCUT2D eigenvalue weighted by Gasteiger charge is 2.60. The Labute approximate surface area is 131 Å². The second kappa shape index (κ2) is 3.76. The summed E-state index contributed by atoms with van der Waals surface area (Å²) < 4.78 is 5.72. The van der Waals surface area contributed by atoms with Gasteiger partial charge in [-0.1, -0.05) is 36.4 Å². The van der Waals surface area contributed by atoms with E-state index in [1.807, 2.05) is 7.11 Å². The van der Waals surface area contributed by atoms with Crippen LogP contribution in [-0.4, -0.2) is 7.11 Å². The molecule has 2 saturated carbocycles. The van der Waals surface area contributed by atoms with Gasteiger partial charge in [0.15, 0.2) is 0 Å². The predicted molar refractivity (Wildman–Crippen MR) is 88.3 cm³/mol. The summed E-state index contributed by atoms with van der Waals surface area (Å²) >= 11 is 0. The standard InChI is InChI=1S/C21H20O/c1-22-17-4-2-3-11-7-8-14-15-10-16(21(14)20(11)17)19-13-6-5-12(9-13)18(15)19/h2-8,12-13,15-16,18-19H,9-10H2,1H3. The highest BCUT2D eigenvalue weighted by molar-refractivity contribution is 5.93. The first-order valence-corrected chi connectivity index (χ1v) is 8.64. The Kier molecular flexibility index (Phi) is 2.01. The van der Waals surface area contributed by atoms with Crippen molar-refractivity contribution in [1.29, 1.82) is 0 Å². The maximum atomic E-state index is 5.72. The molecular formula is C21H20O. The zero-order chi connectivity index (χ0) is 14.4. The maximum Gasteiger partial charge on any atom is 0.126 e. The topological polar surface area (TPSA) is 9.23 Å². The van der Waals surface area contributed by atoms with Crippen LogP contribution in [0.1, 0.15) is 35.8 Å². The summed E-state index contributed by atoms with van der Waals surface area (Å²) in [6.07, 6.45) is 7.85. The SMILES string of the molecule is COc1cccc2ccc3c(c12)C1CC3C2C3C=CC(C3)C12. The van der Waals surface area contributed by atoms with Crippen molar-refractivity contribution in [2.75, 3.05) is 7.11 Å². The number of fused-ring (bicyclic) bond motifs is 14. The van der Waals surface area contributed by atoms with E-state index >= 15 is 0 Å². The Morgan fingerprint density at radius 1 is 0.909 bits per heavy atom. The first-order chi connectivity index (χ1) is 10.9. The molecule has 110 valence electrons. The second-order valence-electron chi connectivity index (χ2n) is 7.68. The molecule has 0 N–H and O–H groups in total. The van der Waals surface area contributed by atoms with E-state index in [2.05, 4.69) is 42.5 Å². The number of methoxy groups -OCH3 is 1. The largest absolute Gasteiger partial charge is 0.496 e. The van der Waals surface area contributed by atoms with E-state index in [0.29, 0.717) is 0 Å². The van der Waals surface area contributed by atoms with Gasteiger partial charge in [-0.2, -0.15) is 0 Å². The molecule has 0 saturated heterocycles. The van der Waals surface area contributed by atoms with Gasteiger partial charge in [0, 0.05) is 5.39 Å². The molecule has 4 bridgehead atoms. The van der Waals surface area contributed by atoms with Crippen LogP contribution in [0.5, 0.6) is 5.75 Å². The van der Waals surface area contributed by atoms with E-state index in [1.165, 1.54) is 23.6 Å². The third-order valence-corrected chi connectivity index (χ3v) is 7.09. The molecule has 2 aromatic rings. The molecule has 1 nitrogen and oxygen atoms in total. The number of allylic oxidation sites excluding steroid dienone is 2. The highest BCUT2D eigenvalue weighted by Crippen LogP contribution is 2.70. The zero-order valence-corrected chi connectivity index (χ0v) is 12.8. The monoisotopic (exact) mass is 288 g/mol. The first-order valence-electron chi connectivity index (χ1n) is 8.64. The molecule has 0 aliphatic heterocycles. The molecule has 0 amide bonds. The molecule has 4 aliphatic rings. The maximum absolute atomic E-state index is 5.72. The van der Waals surface area contributed by atoms with Gasteiger partial charge in [-0.3, -0.25) is 0 Å². The van der Waals surface area contributed by atoms with Crippen LogP contribution in [0.3, 0.4) is 0 Å². The van der Waals surface area contributed by atoms with E-state index in [9.17, 15) is 0 Å². The molecule has 0 aromatic heterocycles. The van der Waals surface area contributed by atoms with Crippen molar-refractivity contribution in [3.8, 4) is 5.75 Å². The minimum atomic E-state index is 0.768. The zero-order valence-electron chi connectivity index (χ0n) is 12.8. The Bertz CT molecular complexity index is 833. The molecule has 2 aromatic carbocycles. The number of ether oxygens (including phenoxy) is 1. The molecule has 0 spiro atoms. The Morgan fingerprint density at radius 2 is 1.73 bits per heavy atom. The molecular weight excluding hydrogens is 268 g/mol. The summed E-state index contributed by atoms with van der Waals surface area (Å²) in [6.45, 7) is 0. The highest BCUT2D eigenvalue weighted by atomic mass is 16.5. The van der Waals surface area contributed by atoms with Gasteiger partial charge in [-0.15, -0.1) is 0 Å². The fourth-order valence-electron chi connectivity index (χ4n) is 6.55. The van der Waals surface area contributed by atoms with Crippen molar-refractivity contribution in [3.05, 3.63) is 53.6 Å². The molecule has 6 atom stereocenters. The van der Waals surface area contributed by atoms with Crippen molar-refractivity contribution < 1.29 is 4.74 Å². The number of rotatable bonds is 1. The lowest BCUT2D eigenvalue weighted by atomic mass is 9.70. The van der Waals surface area contributed by atoms with E-state index in [0.717, 1.165) is 41.3 Å². The van der Waals surface area contributed by atoms with Crippen LogP contribution < -0.4 is 4.74 Å². The van der Waals surface area contributed by atoms with E-state index in [4.69, 9.17) is 4.74 Å². The Hall–Kier alpha value is -1.76. The molecule has 1 heteroatoms. The van der Waals surface area contributed by atoms with Gasteiger partial charge < -0.3 is 4.74 Å². The fraction of sp³-hybridized carbons (Fsp3) is 0.429. The van der Waals surface area contributed by atoms with E-state index in [-0.39, 0.29) is 0 Å². The van der Waals surface area contributed by atoms with Crippen molar-refractivity contribution >= 4 is 10.8 Å². The van der Waals surface area contributed by atoms with Crippen LogP contribution in [0.4, 0.5) is 0 Å². The summed E-state index contributed by atoms with van der Waals surface area (Å²) in [6, 6.07) is 11.2. The van der Waals surface area contributed by atoms with E-state index in [1.54, 1.807) is 11.1 Å². The van der Waals surface area contributed by atoms with Crippen LogP contribution in [0.2, 0.25) is 0 Å². The van der Waals surface area contributed by atoms with Crippen molar-refractivity contribution in [2.24, 2.45) is 23.7 Å². The number of hydrogen-bond acceptors (Lipinski definition) is 1. The van der Waals surface area contributed by atoms with Crippen LogP contribution in [0.25, 0.3) is 10.8 Å². The van der Waals surface area contributed by atoms with Gasteiger partial charge in [0.05, 0.1) is 7.11 Å². The summed E-state index contributed by atoms with van der Waals surface area (Å²) in [5.74, 6) is 6.19. The summed E-state index contributed by atoms with van der Waals surface area (Å²) in [5, 5.41) is 2.75. The minimum Gasteiger partial charge on any atom is -0.496 e. The minimum absolute atomic E-state index is 0.768. The molecule has 4 aliphatic carbocycles. The van der Waals surface area contributed by atoms with Crippen LogP contribution in [-0.2, 0) is 0 Å². The van der Waals surface area contributed by atoms with Crippen molar-refractivity contribution in [1.82, 2.24) is 0 Å². The Balaban J connectivity index is 1.64. The molecule has 22 heavy (non-hydrogen) atoms. The average Bonchev–Trinajstić information content (AvgIpc) is 3.31. The lowest BCUT2D eigenvalue weighted by Crippen LogP contribution is -2.25. The summed E-state index contributed by atoms with van der Waals surface area (Å²) in [4.78, 5) is 0. The fourth-order valence-corrected chi connectivity index (χ4v) is 6.55. The molecule has 6 unspecified atom stereocenters. The lowest BCUT2D eigenvalue weighted by molar-refractivity contribution is 0.305. The van der Waals surface area contributed by atoms with Crippen molar-refractivity contribution in [2.45, 2.75) is 24.7 Å².